The van der Waals surface area contributed by atoms with E-state index in [4.69, 9.17) is 39.8 Å². The summed E-state index contributed by atoms with van der Waals surface area (Å²) in [6, 6.07) is 0. The predicted molar refractivity (Wildman–Crippen MR) is 77.7 cm³/mol. The lowest BCUT2D eigenvalue weighted by Gasteiger charge is -2.02. The van der Waals surface area contributed by atoms with Crippen molar-refractivity contribution in [2.24, 2.45) is 0 Å². The summed E-state index contributed by atoms with van der Waals surface area (Å²) in [4.78, 5) is 11.9. The van der Waals surface area contributed by atoms with Gasteiger partial charge in [0.2, 0.25) is 0 Å². The molecule has 0 radical (unpaired) electrons. The van der Waals surface area contributed by atoms with E-state index in [0.717, 1.165) is 0 Å². The van der Waals surface area contributed by atoms with E-state index in [0.29, 0.717) is 7.11 Å². The number of esters is 1. The van der Waals surface area contributed by atoms with E-state index in [1.165, 1.54) is 0 Å². The number of hydrogen-bond acceptors (Lipinski definition) is 2. The number of hydrogen-bond donors (Lipinski definition) is 0. The van der Waals surface area contributed by atoms with Crippen LogP contribution in [0, 0.1) is 0 Å². The molecule has 0 unspecified atom stereocenters. The number of rotatable bonds is 13. The summed E-state index contributed by atoms with van der Waals surface area (Å²) in [5.74, 6) is -2.16. The second kappa shape index (κ2) is 14.5. The Morgan fingerprint density at radius 3 is 1.78 bits per heavy atom. The third kappa shape index (κ3) is 13.5. The highest BCUT2D eigenvalue weighted by Gasteiger charge is 1.99. The maximum atomic E-state index is 11.9. The van der Waals surface area contributed by atoms with Gasteiger partial charge < -0.3 is 4.74 Å². The summed E-state index contributed by atoms with van der Waals surface area (Å²) in [7, 11) is 0.507. The summed E-state index contributed by atoms with van der Waals surface area (Å²) in [5, 5.41) is 0. The van der Waals surface area contributed by atoms with E-state index in [1.54, 1.807) is 0 Å². The average Bonchev–Trinajstić information content (AvgIpc) is 2.85. The Morgan fingerprint density at radius 2 is 1.33 bits per heavy atom. The van der Waals surface area contributed by atoms with Crippen LogP contribution in [0.1, 0.15) is 129 Å². The second-order valence-electron chi connectivity index (χ2n) is 2.12. The van der Waals surface area contributed by atoms with Crippen LogP contribution in [-0.4, -0.2) is 13.1 Å². The van der Waals surface area contributed by atoms with Crippen LogP contribution >= 0.6 is 0 Å². The molecule has 0 aliphatic carbocycles. The Kier molecular flexibility index (Phi) is 1.85. The van der Waals surface area contributed by atoms with Gasteiger partial charge in [-0.1, -0.05) is 77.0 Å². The molecule has 0 heterocycles. The quantitative estimate of drug-likeness (QED) is 0.432. The van der Waals surface area contributed by atoms with Gasteiger partial charge in [-0.05, 0) is 6.37 Å². The summed E-state index contributed by atoms with van der Waals surface area (Å²) < 4.78 is 232. The molecule has 0 fully saturated rings. The lowest BCUT2D eigenvalue weighted by molar-refractivity contribution is -0.140. The number of carbonyl (C=O) groups excluding carboxylic acids is 1. The van der Waals surface area contributed by atoms with Crippen LogP contribution in [-0.2, 0) is 9.53 Å². The summed E-state index contributed by atoms with van der Waals surface area (Å²) in [5.41, 5.74) is 0. The molecule has 18 heavy (non-hydrogen) atoms. The molecule has 0 bridgehead atoms. The van der Waals surface area contributed by atoms with Crippen molar-refractivity contribution in [2.75, 3.05) is 7.11 Å². The van der Waals surface area contributed by atoms with Crippen molar-refractivity contribution in [2.45, 2.75) is 89.7 Å². The van der Waals surface area contributed by atoms with Gasteiger partial charge in [0.05, 0.1) is 7.11 Å². The molecule has 0 aromatic rings. The number of ether oxygens (including phenoxy) is 1. The summed E-state index contributed by atoms with van der Waals surface area (Å²) >= 11 is 0. The normalized spacial score (nSPS) is 45.5. The van der Waals surface area contributed by atoms with Crippen molar-refractivity contribution in [1.29, 1.82) is 0 Å². The van der Waals surface area contributed by atoms with Gasteiger partial charge in [-0.25, -0.2) is 0 Å². The van der Waals surface area contributed by atoms with E-state index in [2.05, 4.69) is 4.74 Å². The van der Waals surface area contributed by atoms with Crippen LogP contribution in [0.25, 0.3) is 0 Å². The molecule has 0 saturated heterocycles. The zero-order chi connectivity index (χ0) is 39.3. The first-order valence-electron chi connectivity index (χ1n) is 18.8. The van der Waals surface area contributed by atoms with E-state index in [1.807, 2.05) is 0 Å². The van der Waals surface area contributed by atoms with Crippen molar-refractivity contribution < 1.29 is 49.3 Å². The fourth-order valence-corrected chi connectivity index (χ4v) is 0.446. The van der Waals surface area contributed by atoms with E-state index in [9.17, 15) is 4.79 Å². The highest BCUT2D eigenvalue weighted by atomic mass is 16.5. The van der Waals surface area contributed by atoms with Crippen molar-refractivity contribution in [1.82, 2.24) is 0 Å². The summed E-state index contributed by atoms with van der Waals surface area (Å²) in [6.07, 6.45) is -62.0. The Balaban J connectivity index is 7.59. The highest BCUT2D eigenvalue weighted by Crippen LogP contribution is 2.12. The average molecular weight is 286 g/mol. The zero-order valence-corrected chi connectivity index (χ0v) is 9.32. The van der Waals surface area contributed by atoms with Crippen molar-refractivity contribution in [3.8, 4) is 0 Å². The third-order valence-corrected chi connectivity index (χ3v) is 1.04. The van der Waals surface area contributed by atoms with Crippen LogP contribution in [0.15, 0.2) is 0 Å². The first kappa shape index (κ1) is 2.29. The van der Waals surface area contributed by atoms with Gasteiger partial charge in [0.1, 0.15) is 0 Å². The Labute approximate surface area is 154 Å². The Hall–Kier alpha value is -0.530. The second-order valence-corrected chi connectivity index (χ2v) is 2.12. The number of carbonyl (C=O) groups is 1. The highest BCUT2D eigenvalue weighted by molar-refractivity contribution is 5.68. The van der Waals surface area contributed by atoms with Crippen LogP contribution in [0.4, 0.5) is 0 Å². The minimum atomic E-state index is -5.04. The van der Waals surface area contributed by atoms with Gasteiger partial charge in [0.15, 0.2) is 0 Å². The van der Waals surface area contributed by atoms with E-state index < -0.39 is 95.7 Å². The van der Waals surface area contributed by atoms with E-state index in [-0.39, 0.29) is 0 Å². The van der Waals surface area contributed by atoms with E-state index >= 15 is 0 Å². The van der Waals surface area contributed by atoms with Crippen molar-refractivity contribution in [3.05, 3.63) is 0 Å². The van der Waals surface area contributed by atoms with Crippen molar-refractivity contribution >= 4 is 5.97 Å². The van der Waals surface area contributed by atoms with Crippen LogP contribution in [0.2, 0.25) is 0 Å². The molecule has 0 rings (SSSR count). The molecule has 0 spiro atoms. The van der Waals surface area contributed by atoms with Gasteiger partial charge in [-0.3, -0.25) is 4.79 Å². The molecule has 0 saturated carbocycles. The Bertz CT molecular complexity index is 1170. The van der Waals surface area contributed by atoms with Gasteiger partial charge >= 0.3 is 5.97 Å². The molecule has 2 nitrogen and oxygen atoms in total. The molecule has 0 aromatic heterocycles. The molecule has 0 aliphatic rings. The lowest BCUT2D eigenvalue weighted by Crippen LogP contribution is -1.99. The Morgan fingerprint density at radius 1 is 0.889 bits per heavy atom. The van der Waals surface area contributed by atoms with Gasteiger partial charge in [-0.2, -0.15) is 0 Å². The maximum absolute atomic E-state index is 11.9. The standard InChI is InChI=1S/C16H32O2/c1-3-4-5-6-7-8-9-10-11-12-13-14-15-16(17)18-2/h3-15H2,1-2H3/i1D3,3D2,4D2,5D2,6D2,7D2,8D2,9D2,10D2,11D2,12D2,13D2,14D2,15D2. The SMILES string of the molecule is [2H]C([2H])([2H])C([2H])([2H])C([2H])([2H])C([2H])([2H])C([2H])([2H])C([2H])([2H])C([2H])([2H])C([2H])([2H])C([2H])([2H])C([2H])([2H])C([2H])([2H])C([2H])([2H])C([2H])([2H])C([2H])([2H])C(=O)OC. The smallest absolute Gasteiger partial charge is 0.305 e. The zero-order valence-electron chi connectivity index (χ0n) is 38.3. The molecule has 108 valence electrons. The largest absolute Gasteiger partial charge is 0.469 e. The van der Waals surface area contributed by atoms with Crippen LogP contribution in [0.3, 0.4) is 0 Å². The van der Waals surface area contributed by atoms with Gasteiger partial charge in [-0.15, -0.1) is 0 Å². The fraction of sp³-hybridized carbons (Fsp3) is 0.938. The molecular formula is C16H32O2. The maximum Gasteiger partial charge on any atom is 0.305 e. The minimum absolute atomic E-state index is 0.507. The monoisotopic (exact) mass is 285 g/mol. The molecule has 0 aliphatic heterocycles. The molecular weight excluding hydrogens is 224 g/mol. The molecule has 2 heteroatoms. The minimum Gasteiger partial charge on any atom is -0.469 e. The lowest BCUT2D eigenvalue weighted by atomic mass is 10.0. The first-order valence-corrected chi connectivity index (χ1v) is 4.32. The first-order chi connectivity index (χ1) is 19.7. The molecule has 0 amide bonds. The number of methoxy groups -OCH3 is 1. The van der Waals surface area contributed by atoms with Crippen LogP contribution < -0.4 is 0 Å². The fourth-order valence-electron chi connectivity index (χ4n) is 0.446. The molecule has 0 atom stereocenters. The molecule has 0 N–H and O–H groups in total. The summed E-state index contributed by atoms with van der Waals surface area (Å²) in [6.45, 7) is -4.08. The van der Waals surface area contributed by atoms with Crippen LogP contribution in [0.5, 0.6) is 0 Å². The van der Waals surface area contributed by atoms with Gasteiger partial charge in [0.25, 0.3) is 0 Å². The van der Waals surface area contributed by atoms with Crippen molar-refractivity contribution in [3.63, 3.8) is 0 Å². The van der Waals surface area contributed by atoms with Gasteiger partial charge in [0, 0.05) is 46.1 Å². The third-order valence-electron chi connectivity index (χ3n) is 1.04. The topological polar surface area (TPSA) is 26.3 Å². The predicted octanol–water partition coefficient (Wildman–Crippen LogP) is 5.25. The molecule has 0 aromatic carbocycles.